The lowest BCUT2D eigenvalue weighted by molar-refractivity contribution is 0.112. The average molecular weight is 285 g/mol. The van der Waals surface area contributed by atoms with E-state index in [0.717, 1.165) is 6.29 Å². The lowest BCUT2D eigenvalue weighted by atomic mass is 10.2. The highest BCUT2D eigenvalue weighted by Crippen LogP contribution is 2.29. The van der Waals surface area contributed by atoms with E-state index in [1.807, 2.05) is 24.3 Å². The number of rotatable bonds is 3. The molecular formula is C15H9ClN2O2. The Labute approximate surface area is 120 Å². The predicted molar refractivity (Wildman–Crippen MR) is 76.5 cm³/mol. The number of para-hydroxylation sites is 3. The van der Waals surface area contributed by atoms with Crippen molar-refractivity contribution in [2.24, 2.45) is 0 Å². The van der Waals surface area contributed by atoms with Gasteiger partial charge in [-0.2, -0.15) is 0 Å². The van der Waals surface area contributed by atoms with Gasteiger partial charge in [-0.05, 0) is 24.3 Å². The van der Waals surface area contributed by atoms with Gasteiger partial charge < -0.3 is 4.74 Å². The molecule has 0 amide bonds. The highest BCUT2D eigenvalue weighted by atomic mass is 35.5. The van der Waals surface area contributed by atoms with Crippen LogP contribution in [-0.4, -0.2) is 16.3 Å². The van der Waals surface area contributed by atoms with Crippen LogP contribution in [0, 0.1) is 0 Å². The van der Waals surface area contributed by atoms with Gasteiger partial charge in [-0.15, -0.1) is 0 Å². The second-order valence-corrected chi connectivity index (χ2v) is 4.42. The molecule has 0 aliphatic rings. The van der Waals surface area contributed by atoms with E-state index in [2.05, 4.69) is 9.97 Å². The zero-order valence-electron chi connectivity index (χ0n) is 10.3. The van der Waals surface area contributed by atoms with Crippen molar-refractivity contribution in [2.75, 3.05) is 0 Å². The van der Waals surface area contributed by atoms with Crippen molar-refractivity contribution in [3.63, 3.8) is 0 Å². The van der Waals surface area contributed by atoms with Crippen molar-refractivity contribution in [3.8, 4) is 11.6 Å². The summed E-state index contributed by atoms with van der Waals surface area (Å²) in [4.78, 5) is 19.5. The van der Waals surface area contributed by atoms with Crippen molar-refractivity contribution in [1.82, 2.24) is 9.97 Å². The maximum atomic E-state index is 11.0. The van der Waals surface area contributed by atoms with Gasteiger partial charge in [0.2, 0.25) is 0 Å². The maximum absolute atomic E-state index is 11.0. The summed E-state index contributed by atoms with van der Waals surface area (Å²) in [6.45, 7) is 0. The quantitative estimate of drug-likeness (QED) is 0.685. The molecule has 4 nitrogen and oxygen atoms in total. The lowest BCUT2D eigenvalue weighted by Gasteiger charge is -2.08. The summed E-state index contributed by atoms with van der Waals surface area (Å²) in [5, 5.41) is 0.157. The molecule has 3 rings (SSSR count). The number of ether oxygens (including phenoxy) is 1. The fraction of sp³-hybridized carbons (Fsp3) is 0. The number of hydrogen-bond donors (Lipinski definition) is 0. The Morgan fingerprint density at radius 2 is 1.60 bits per heavy atom. The lowest BCUT2D eigenvalue weighted by Crippen LogP contribution is -1.95. The highest BCUT2D eigenvalue weighted by Gasteiger charge is 2.11. The molecule has 98 valence electrons. The first-order chi connectivity index (χ1) is 9.78. The first-order valence-corrected chi connectivity index (χ1v) is 6.30. The number of aromatic nitrogens is 2. The van der Waals surface area contributed by atoms with Crippen LogP contribution >= 0.6 is 11.6 Å². The molecule has 0 spiro atoms. The van der Waals surface area contributed by atoms with Crippen molar-refractivity contribution in [3.05, 3.63) is 59.2 Å². The fourth-order valence-corrected chi connectivity index (χ4v) is 1.97. The molecular weight excluding hydrogens is 276 g/mol. The van der Waals surface area contributed by atoms with Crippen LogP contribution in [0.25, 0.3) is 11.0 Å². The summed E-state index contributed by atoms with van der Waals surface area (Å²) in [5.74, 6) is 0.577. The van der Waals surface area contributed by atoms with Gasteiger partial charge in [-0.25, -0.2) is 9.97 Å². The first-order valence-electron chi connectivity index (χ1n) is 5.92. The van der Waals surface area contributed by atoms with E-state index >= 15 is 0 Å². The Morgan fingerprint density at radius 1 is 0.950 bits per heavy atom. The Kier molecular flexibility index (Phi) is 3.31. The summed E-state index contributed by atoms with van der Waals surface area (Å²) in [6, 6.07) is 14.2. The molecule has 0 N–H and O–H groups in total. The fourth-order valence-electron chi connectivity index (χ4n) is 1.80. The zero-order chi connectivity index (χ0) is 13.9. The number of carbonyl (C=O) groups excluding carboxylic acids is 1. The molecule has 0 saturated carbocycles. The van der Waals surface area contributed by atoms with Crippen molar-refractivity contribution in [2.45, 2.75) is 0 Å². The van der Waals surface area contributed by atoms with Crippen LogP contribution in [0.1, 0.15) is 10.4 Å². The molecule has 0 saturated heterocycles. The Bertz CT molecular complexity index is 790. The van der Waals surface area contributed by atoms with Crippen molar-refractivity contribution < 1.29 is 9.53 Å². The third-order valence-corrected chi connectivity index (χ3v) is 3.00. The molecule has 1 aromatic heterocycles. The number of benzene rings is 2. The minimum Gasteiger partial charge on any atom is -0.436 e. The van der Waals surface area contributed by atoms with E-state index in [4.69, 9.17) is 16.3 Å². The molecule has 2 aromatic carbocycles. The number of halogens is 1. The zero-order valence-corrected chi connectivity index (χ0v) is 11.0. The van der Waals surface area contributed by atoms with Crippen LogP contribution in [0.15, 0.2) is 48.5 Å². The van der Waals surface area contributed by atoms with Crippen LogP contribution in [-0.2, 0) is 0 Å². The molecule has 0 fully saturated rings. The second-order valence-electron chi connectivity index (χ2n) is 4.07. The van der Waals surface area contributed by atoms with E-state index in [0.29, 0.717) is 22.3 Å². The van der Waals surface area contributed by atoms with Crippen LogP contribution in [0.5, 0.6) is 11.6 Å². The summed E-state index contributed by atoms with van der Waals surface area (Å²) < 4.78 is 5.60. The van der Waals surface area contributed by atoms with E-state index in [9.17, 15) is 4.79 Å². The number of hydrogen-bond acceptors (Lipinski definition) is 4. The first kappa shape index (κ1) is 12.6. The maximum Gasteiger partial charge on any atom is 0.258 e. The van der Waals surface area contributed by atoms with Gasteiger partial charge in [0.15, 0.2) is 11.4 Å². The van der Waals surface area contributed by atoms with Crippen LogP contribution in [0.3, 0.4) is 0 Å². The van der Waals surface area contributed by atoms with Gasteiger partial charge in [-0.3, -0.25) is 4.79 Å². The molecule has 3 aromatic rings. The summed E-state index contributed by atoms with van der Waals surface area (Å²) in [7, 11) is 0. The number of aldehydes is 1. The molecule has 0 unspecified atom stereocenters. The van der Waals surface area contributed by atoms with Crippen LogP contribution in [0.2, 0.25) is 5.15 Å². The molecule has 0 bridgehead atoms. The number of fused-ring (bicyclic) bond motifs is 1. The topological polar surface area (TPSA) is 52.1 Å². The number of nitrogens with zero attached hydrogens (tertiary/aromatic N) is 2. The molecule has 0 radical (unpaired) electrons. The van der Waals surface area contributed by atoms with E-state index < -0.39 is 0 Å². The Balaban J connectivity index is 2.06. The summed E-state index contributed by atoms with van der Waals surface area (Å²) >= 11 is 6.06. The minimum absolute atomic E-state index is 0.157. The Morgan fingerprint density at radius 3 is 2.35 bits per heavy atom. The van der Waals surface area contributed by atoms with E-state index in [-0.39, 0.29) is 11.0 Å². The predicted octanol–water partition coefficient (Wildman–Crippen LogP) is 3.89. The monoisotopic (exact) mass is 284 g/mol. The Hall–Kier alpha value is -2.46. The van der Waals surface area contributed by atoms with Gasteiger partial charge in [0.25, 0.3) is 5.88 Å². The van der Waals surface area contributed by atoms with Crippen molar-refractivity contribution in [1.29, 1.82) is 0 Å². The minimum atomic E-state index is 0.157. The van der Waals surface area contributed by atoms with Gasteiger partial charge in [0.1, 0.15) is 5.75 Å². The summed E-state index contributed by atoms with van der Waals surface area (Å²) in [6.07, 6.45) is 0.720. The van der Waals surface area contributed by atoms with E-state index in [1.165, 1.54) is 0 Å². The molecule has 0 aliphatic carbocycles. The molecule has 20 heavy (non-hydrogen) atoms. The SMILES string of the molecule is O=Cc1ccccc1Oc1nc2ccccc2nc1Cl. The largest absolute Gasteiger partial charge is 0.436 e. The molecule has 5 heteroatoms. The molecule has 0 aliphatic heterocycles. The smallest absolute Gasteiger partial charge is 0.258 e. The highest BCUT2D eigenvalue weighted by molar-refractivity contribution is 6.31. The second kappa shape index (κ2) is 5.27. The van der Waals surface area contributed by atoms with Crippen LogP contribution in [0.4, 0.5) is 0 Å². The third-order valence-electron chi connectivity index (χ3n) is 2.75. The normalized spacial score (nSPS) is 10.4. The van der Waals surface area contributed by atoms with E-state index in [1.54, 1.807) is 24.3 Å². The van der Waals surface area contributed by atoms with Crippen LogP contribution < -0.4 is 4.74 Å². The molecule has 1 heterocycles. The third kappa shape index (κ3) is 2.33. The van der Waals surface area contributed by atoms with Gasteiger partial charge in [0.05, 0.1) is 16.6 Å². The van der Waals surface area contributed by atoms with Crippen molar-refractivity contribution >= 4 is 28.9 Å². The van der Waals surface area contributed by atoms with Gasteiger partial charge in [-0.1, -0.05) is 35.9 Å². The molecule has 0 atom stereocenters. The van der Waals surface area contributed by atoms with Gasteiger partial charge in [0, 0.05) is 0 Å². The standard InChI is InChI=1S/C15H9ClN2O2/c16-14-15(18-12-7-3-2-6-11(12)17-14)20-13-8-4-1-5-10(13)9-19/h1-9H. The summed E-state index contributed by atoms with van der Waals surface area (Å²) in [5.41, 5.74) is 1.79. The number of carbonyl (C=O) groups is 1. The van der Waals surface area contributed by atoms with Gasteiger partial charge >= 0.3 is 0 Å². The average Bonchev–Trinajstić information content (AvgIpc) is 2.48.